The zero-order chi connectivity index (χ0) is 17.8. The molecule has 2 aromatic rings. The summed E-state index contributed by atoms with van der Waals surface area (Å²) in [5.41, 5.74) is 1.28. The average Bonchev–Trinajstić information content (AvgIpc) is 3.03. The van der Waals surface area contributed by atoms with E-state index in [1.165, 1.54) is 22.9 Å². The Labute approximate surface area is 144 Å². The lowest BCUT2D eigenvalue weighted by Crippen LogP contribution is -2.39. The first kappa shape index (κ1) is 17.1. The zero-order valence-corrected chi connectivity index (χ0v) is 13.9. The van der Waals surface area contributed by atoms with Gasteiger partial charge in [-0.3, -0.25) is 14.3 Å². The van der Waals surface area contributed by atoms with Crippen LogP contribution in [0.2, 0.25) is 0 Å². The van der Waals surface area contributed by atoms with Gasteiger partial charge in [-0.25, -0.2) is 4.39 Å². The Hall–Kier alpha value is -2.74. The van der Waals surface area contributed by atoms with Crippen LogP contribution in [0.5, 0.6) is 0 Å². The summed E-state index contributed by atoms with van der Waals surface area (Å²) in [5, 5.41) is 6.87. The van der Waals surface area contributed by atoms with E-state index in [1.807, 2.05) is 0 Å². The largest absolute Gasteiger partial charge is 0.383 e. The predicted molar refractivity (Wildman–Crippen MR) is 87.6 cm³/mol. The molecule has 2 amide bonds. The van der Waals surface area contributed by atoms with Gasteiger partial charge in [-0.15, -0.1) is 0 Å². The number of benzene rings is 1. The molecular formula is C17H19FN4O3. The van der Waals surface area contributed by atoms with Crippen molar-refractivity contribution in [2.24, 2.45) is 0 Å². The van der Waals surface area contributed by atoms with Gasteiger partial charge in [-0.05, 0) is 17.7 Å². The van der Waals surface area contributed by atoms with Gasteiger partial charge in [0.05, 0.1) is 13.2 Å². The van der Waals surface area contributed by atoms with Crippen molar-refractivity contribution in [2.45, 2.75) is 13.1 Å². The fourth-order valence-corrected chi connectivity index (χ4v) is 2.71. The summed E-state index contributed by atoms with van der Waals surface area (Å²) in [5.74, 6) is -0.899. The Morgan fingerprint density at radius 1 is 1.36 bits per heavy atom. The molecule has 25 heavy (non-hydrogen) atoms. The van der Waals surface area contributed by atoms with Crippen LogP contribution in [0.1, 0.15) is 26.5 Å². The summed E-state index contributed by atoms with van der Waals surface area (Å²) >= 11 is 0. The Morgan fingerprint density at radius 2 is 2.20 bits per heavy atom. The zero-order valence-electron chi connectivity index (χ0n) is 13.9. The molecule has 2 heterocycles. The molecule has 8 heteroatoms. The Balaban J connectivity index is 1.71. The third-order valence-corrected chi connectivity index (χ3v) is 3.95. The minimum absolute atomic E-state index is 0.201. The number of ether oxygens (including phenoxy) is 1. The number of aromatic nitrogens is 2. The first-order chi connectivity index (χ1) is 12.1. The maximum absolute atomic E-state index is 13.3. The lowest BCUT2D eigenvalue weighted by Gasteiger charge is -2.27. The van der Waals surface area contributed by atoms with E-state index in [9.17, 15) is 14.0 Å². The number of rotatable bonds is 6. The first-order valence-electron chi connectivity index (χ1n) is 7.97. The van der Waals surface area contributed by atoms with Gasteiger partial charge in [0.15, 0.2) is 5.69 Å². The number of hydrogen-bond donors (Lipinski definition) is 1. The fourth-order valence-electron chi connectivity index (χ4n) is 2.71. The molecule has 0 spiro atoms. The quantitative estimate of drug-likeness (QED) is 0.794. The highest BCUT2D eigenvalue weighted by molar-refractivity contribution is 5.98. The number of hydrogen-bond acceptors (Lipinski definition) is 4. The molecule has 0 aliphatic carbocycles. The van der Waals surface area contributed by atoms with Gasteiger partial charge in [0.25, 0.3) is 11.8 Å². The predicted octanol–water partition coefficient (Wildman–Crippen LogP) is 1.05. The van der Waals surface area contributed by atoms with Crippen LogP contribution in [0.4, 0.5) is 4.39 Å². The minimum Gasteiger partial charge on any atom is -0.383 e. The van der Waals surface area contributed by atoms with E-state index < -0.39 is 0 Å². The van der Waals surface area contributed by atoms with Gasteiger partial charge < -0.3 is 15.0 Å². The maximum atomic E-state index is 13.3. The number of carbonyl (C=O) groups excluding carboxylic acids is 2. The van der Waals surface area contributed by atoms with E-state index in [2.05, 4.69) is 10.4 Å². The summed E-state index contributed by atoms with van der Waals surface area (Å²) in [4.78, 5) is 26.3. The average molecular weight is 346 g/mol. The summed E-state index contributed by atoms with van der Waals surface area (Å²) in [6.07, 6.45) is 0. The second-order valence-corrected chi connectivity index (χ2v) is 5.74. The molecule has 0 saturated heterocycles. The van der Waals surface area contributed by atoms with E-state index in [4.69, 9.17) is 4.74 Å². The number of nitrogens with zero attached hydrogens (tertiary/aromatic N) is 3. The second-order valence-electron chi connectivity index (χ2n) is 5.74. The first-order valence-corrected chi connectivity index (χ1v) is 7.97. The molecule has 1 aromatic carbocycles. The molecule has 1 aromatic heterocycles. The number of carbonyl (C=O) groups is 2. The fraction of sp³-hybridized carbons (Fsp3) is 0.353. The van der Waals surface area contributed by atoms with E-state index in [-0.39, 0.29) is 23.3 Å². The van der Waals surface area contributed by atoms with Gasteiger partial charge >= 0.3 is 0 Å². The lowest BCUT2D eigenvalue weighted by molar-refractivity contribution is 0.0682. The maximum Gasteiger partial charge on any atom is 0.272 e. The molecule has 0 unspecified atom stereocenters. The van der Waals surface area contributed by atoms with Crippen molar-refractivity contribution in [3.8, 4) is 0 Å². The van der Waals surface area contributed by atoms with Crippen LogP contribution >= 0.6 is 0 Å². The molecule has 0 radical (unpaired) electrons. The van der Waals surface area contributed by atoms with Crippen molar-refractivity contribution >= 4 is 11.8 Å². The number of amides is 2. The van der Waals surface area contributed by atoms with Crippen molar-refractivity contribution in [1.82, 2.24) is 20.0 Å². The number of nitrogens with one attached hydrogen (secondary N) is 1. The van der Waals surface area contributed by atoms with Crippen LogP contribution in [0.3, 0.4) is 0 Å². The normalized spacial score (nSPS) is 13.7. The topological polar surface area (TPSA) is 76.5 Å². The highest BCUT2D eigenvalue weighted by Crippen LogP contribution is 2.17. The smallest absolute Gasteiger partial charge is 0.272 e. The summed E-state index contributed by atoms with van der Waals surface area (Å²) in [7, 11) is 1.55. The summed E-state index contributed by atoms with van der Waals surface area (Å²) < 4.78 is 19.7. The van der Waals surface area contributed by atoms with Crippen LogP contribution in [0.15, 0.2) is 30.3 Å². The molecule has 1 aliphatic heterocycles. The van der Waals surface area contributed by atoms with Crippen LogP contribution in [-0.2, 0) is 17.8 Å². The molecule has 132 valence electrons. The van der Waals surface area contributed by atoms with Crippen LogP contribution in [-0.4, -0.2) is 53.3 Å². The van der Waals surface area contributed by atoms with Crippen LogP contribution in [0.25, 0.3) is 0 Å². The number of halogens is 1. The van der Waals surface area contributed by atoms with Gasteiger partial charge in [0, 0.05) is 32.8 Å². The Bertz CT molecular complexity index is 790. The highest BCUT2D eigenvalue weighted by atomic mass is 19.1. The highest BCUT2D eigenvalue weighted by Gasteiger charge is 2.27. The van der Waals surface area contributed by atoms with Crippen molar-refractivity contribution in [3.05, 3.63) is 53.1 Å². The molecule has 0 fully saturated rings. The van der Waals surface area contributed by atoms with Gasteiger partial charge in [0.1, 0.15) is 11.5 Å². The third kappa shape index (κ3) is 3.85. The molecule has 3 rings (SSSR count). The monoisotopic (exact) mass is 346 g/mol. The summed E-state index contributed by atoms with van der Waals surface area (Å²) in [6.45, 7) is 2.03. The third-order valence-electron chi connectivity index (χ3n) is 3.95. The lowest BCUT2D eigenvalue weighted by atomic mass is 10.2. The number of methoxy groups -OCH3 is 1. The van der Waals surface area contributed by atoms with Crippen molar-refractivity contribution in [3.63, 3.8) is 0 Å². The molecule has 1 N–H and O–H groups in total. The van der Waals surface area contributed by atoms with Gasteiger partial charge in [-0.2, -0.15) is 5.10 Å². The van der Waals surface area contributed by atoms with E-state index in [0.717, 1.165) is 5.56 Å². The van der Waals surface area contributed by atoms with E-state index in [0.29, 0.717) is 38.5 Å². The molecule has 0 atom stereocenters. The minimum atomic E-state index is -0.344. The van der Waals surface area contributed by atoms with Gasteiger partial charge in [-0.1, -0.05) is 12.1 Å². The van der Waals surface area contributed by atoms with Crippen LogP contribution in [0, 0.1) is 5.82 Å². The van der Waals surface area contributed by atoms with Crippen molar-refractivity contribution in [2.75, 3.05) is 26.8 Å². The molecule has 0 saturated carbocycles. The van der Waals surface area contributed by atoms with Crippen LogP contribution < -0.4 is 5.32 Å². The van der Waals surface area contributed by atoms with Gasteiger partial charge in [0.2, 0.25) is 0 Å². The summed E-state index contributed by atoms with van der Waals surface area (Å²) in [6, 6.07) is 7.66. The second kappa shape index (κ2) is 7.43. The van der Waals surface area contributed by atoms with E-state index >= 15 is 0 Å². The molecule has 0 bridgehead atoms. The SMILES string of the molecule is COCCNC(=O)c1cc2n(n1)CCN(Cc1cccc(F)c1)C2=O. The molecule has 1 aliphatic rings. The Morgan fingerprint density at radius 3 is 2.96 bits per heavy atom. The molecular weight excluding hydrogens is 327 g/mol. The Kier molecular flexibility index (Phi) is 5.08. The van der Waals surface area contributed by atoms with Crippen molar-refractivity contribution < 1.29 is 18.7 Å². The van der Waals surface area contributed by atoms with Crippen molar-refractivity contribution in [1.29, 1.82) is 0 Å². The van der Waals surface area contributed by atoms with E-state index in [1.54, 1.807) is 24.1 Å². The number of fused-ring (bicyclic) bond motifs is 1. The molecule has 7 nitrogen and oxygen atoms in total. The standard InChI is InChI=1S/C17H19FN4O3/c1-25-8-5-19-16(23)14-10-15-17(24)21(6-7-22(15)20-14)11-12-3-2-4-13(18)9-12/h2-4,9-10H,5-8,11H2,1H3,(H,19,23).